The van der Waals surface area contributed by atoms with Crippen LogP contribution in [0.25, 0.3) is 0 Å². The minimum atomic E-state index is -1.49. The molecule has 0 aliphatic carbocycles. The predicted molar refractivity (Wildman–Crippen MR) is 98.8 cm³/mol. The van der Waals surface area contributed by atoms with Gasteiger partial charge in [-0.1, -0.05) is 35.9 Å². The minimum absolute atomic E-state index is 0.0646. The summed E-state index contributed by atoms with van der Waals surface area (Å²) in [5.74, 6) is -2.11. The van der Waals surface area contributed by atoms with Gasteiger partial charge >= 0.3 is 0 Å². The van der Waals surface area contributed by atoms with Gasteiger partial charge in [0, 0.05) is 26.2 Å². The van der Waals surface area contributed by atoms with E-state index >= 15 is 0 Å². The molecule has 3 rings (SSSR count). The maximum Gasteiger partial charge on any atom is 0.256 e. The van der Waals surface area contributed by atoms with Crippen molar-refractivity contribution in [1.82, 2.24) is 10.2 Å². The van der Waals surface area contributed by atoms with Gasteiger partial charge in [-0.05, 0) is 43.0 Å². The van der Waals surface area contributed by atoms with Crippen molar-refractivity contribution in [3.63, 3.8) is 0 Å². The molecule has 2 N–H and O–H groups in total. The van der Waals surface area contributed by atoms with Crippen molar-refractivity contribution in [3.8, 4) is 0 Å². The second-order valence-corrected chi connectivity index (χ2v) is 7.20. The van der Waals surface area contributed by atoms with Crippen molar-refractivity contribution in [3.05, 3.63) is 70.8 Å². The van der Waals surface area contributed by atoms with Crippen LogP contribution in [0.5, 0.6) is 0 Å². The lowest BCUT2D eigenvalue weighted by molar-refractivity contribution is -0.157. The van der Waals surface area contributed by atoms with E-state index in [1.54, 1.807) is 4.90 Å². The standard InChI is InChI=1S/C21H24F2N2O2/c1-15-4-2-5-17(10-15)13-25-9-3-8-21(27,20(25)26)14-24-12-16-6-7-18(22)19(23)11-16/h2,4-7,10-11,24,27H,3,8-9,12-14H2,1H3. The van der Waals surface area contributed by atoms with Gasteiger partial charge in [-0.2, -0.15) is 0 Å². The summed E-state index contributed by atoms with van der Waals surface area (Å²) in [6, 6.07) is 11.6. The molecule has 1 unspecified atom stereocenters. The van der Waals surface area contributed by atoms with Crippen LogP contribution < -0.4 is 5.32 Å². The summed E-state index contributed by atoms with van der Waals surface area (Å²) in [5.41, 5.74) is 1.22. The molecular formula is C21H24F2N2O2. The summed E-state index contributed by atoms with van der Waals surface area (Å²) in [7, 11) is 0. The molecule has 0 saturated carbocycles. The zero-order valence-corrected chi connectivity index (χ0v) is 15.3. The lowest BCUT2D eigenvalue weighted by Crippen LogP contribution is -2.57. The summed E-state index contributed by atoms with van der Waals surface area (Å²) in [6.07, 6.45) is 1.09. The number of piperidine rings is 1. The number of nitrogens with one attached hydrogen (secondary N) is 1. The number of amides is 1. The number of rotatable bonds is 6. The Morgan fingerprint density at radius 3 is 2.70 bits per heavy atom. The maximum atomic E-state index is 13.3. The third-order valence-corrected chi connectivity index (χ3v) is 4.89. The molecule has 0 spiro atoms. The number of aliphatic hydroxyl groups is 1. The van der Waals surface area contributed by atoms with Gasteiger partial charge in [-0.15, -0.1) is 0 Å². The number of hydrogen-bond acceptors (Lipinski definition) is 3. The number of nitrogens with zero attached hydrogens (tertiary/aromatic N) is 1. The summed E-state index contributed by atoms with van der Waals surface area (Å²) < 4.78 is 26.3. The van der Waals surface area contributed by atoms with E-state index in [1.807, 2.05) is 31.2 Å². The van der Waals surface area contributed by atoms with Gasteiger partial charge in [-0.3, -0.25) is 4.79 Å². The molecule has 2 aromatic rings. The van der Waals surface area contributed by atoms with Gasteiger partial charge in [0.05, 0.1) is 0 Å². The largest absolute Gasteiger partial charge is 0.379 e. The van der Waals surface area contributed by atoms with Crippen molar-refractivity contribution < 1.29 is 18.7 Å². The van der Waals surface area contributed by atoms with Gasteiger partial charge in [0.2, 0.25) is 0 Å². The van der Waals surface area contributed by atoms with Crippen LogP contribution >= 0.6 is 0 Å². The number of carbonyl (C=O) groups excluding carboxylic acids is 1. The highest BCUT2D eigenvalue weighted by Crippen LogP contribution is 2.24. The fraction of sp³-hybridized carbons (Fsp3) is 0.381. The van der Waals surface area contributed by atoms with E-state index < -0.39 is 17.2 Å². The number of hydrogen-bond donors (Lipinski definition) is 2. The molecule has 1 saturated heterocycles. The minimum Gasteiger partial charge on any atom is -0.379 e. The molecule has 1 aliphatic rings. The lowest BCUT2D eigenvalue weighted by atomic mass is 9.91. The molecule has 6 heteroatoms. The molecule has 1 amide bonds. The second-order valence-electron chi connectivity index (χ2n) is 7.20. The fourth-order valence-electron chi connectivity index (χ4n) is 3.47. The molecule has 0 aromatic heterocycles. The fourth-order valence-corrected chi connectivity index (χ4v) is 3.47. The highest BCUT2D eigenvalue weighted by atomic mass is 19.2. The van der Waals surface area contributed by atoms with Crippen LogP contribution in [0.15, 0.2) is 42.5 Å². The number of carbonyl (C=O) groups is 1. The van der Waals surface area contributed by atoms with Crippen LogP contribution in [0.1, 0.15) is 29.5 Å². The molecule has 0 radical (unpaired) electrons. The van der Waals surface area contributed by atoms with E-state index in [-0.39, 0.29) is 19.0 Å². The van der Waals surface area contributed by atoms with E-state index in [4.69, 9.17) is 0 Å². The van der Waals surface area contributed by atoms with E-state index in [1.165, 1.54) is 6.07 Å². The number of aryl methyl sites for hydroxylation is 1. The Bertz CT molecular complexity index is 828. The van der Waals surface area contributed by atoms with Crippen molar-refractivity contribution >= 4 is 5.91 Å². The van der Waals surface area contributed by atoms with Gasteiger partial charge < -0.3 is 15.3 Å². The molecule has 144 valence electrons. The first-order valence-corrected chi connectivity index (χ1v) is 9.09. The van der Waals surface area contributed by atoms with Crippen molar-refractivity contribution in [2.45, 2.75) is 38.5 Å². The first kappa shape index (κ1) is 19.5. The van der Waals surface area contributed by atoms with Gasteiger partial charge in [-0.25, -0.2) is 8.78 Å². The van der Waals surface area contributed by atoms with Crippen molar-refractivity contribution in [1.29, 1.82) is 0 Å². The third-order valence-electron chi connectivity index (χ3n) is 4.89. The maximum absolute atomic E-state index is 13.3. The molecule has 1 aliphatic heterocycles. The van der Waals surface area contributed by atoms with Gasteiger partial charge in [0.15, 0.2) is 17.2 Å². The molecule has 1 fully saturated rings. The number of benzene rings is 2. The van der Waals surface area contributed by atoms with Crippen LogP contribution in [0, 0.1) is 18.6 Å². The second kappa shape index (κ2) is 8.15. The van der Waals surface area contributed by atoms with E-state index in [2.05, 4.69) is 5.32 Å². The topological polar surface area (TPSA) is 52.6 Å². The molecule has 27 heavy (non-hydrogen) atoms. The van der Waals surface area contributed by atoms with Crippen LogP contribution in [-0.2, 0) is 17.9 Å². The first-order chi connectivity index (χ1) is 12.9. The Kier molecular flexibility index (Phi) is 5.87. The van der Waals surface area contributed by atoms with Gasteiger partial charge in [0.25, 0.3) is 5.91 Å². The molecule has 2 aromatic carbocycles. The van der Waals surface area contributed by atoms with Crippen LogP contribution in [0.2, 0.25) is 0 Å². The monoisotopic (exact) mass is 374 g/mol. The molecule has 1 atom stereocenters. The Hall–Kier alpha value is -2.31. The zero-order valence-electron chi connectivity index (χ0n) is 15.3. The summed E-state index contributed by atoms with van der Waals surface area (Å²) in [5, 5.41) is 13.8. The Labute approximate surface area is 157 Å². The Morgan fingerprint density at radius 2 is 1.96 bits per heavy atom. The summed E-state index contributed by atoms with van der Waals surface area (Å²) in [6.45, 7) is 3.38. The van der Waals surface area contributed by atoms with Crippen LogP contribution in [0.4, 0.5) is 8.78 Å². The number of likely N-dealkylation sites (tertiary alicyclic amines) is 1. The lowest BCUT2D eigenvalue weighted by Gasteiger charge is -2.38. The Balaban J connectivity index is 1.60. The smallest absolute Gasteiger partial charge is 0.256 e. The van der Waals surface area contributed by atoms with E-state index in [9.17, 15) is 18.7 Å². The zero-order chi connectivity index (χ0) is 19.4. The van der Waals surface area contributed by atoms with Crippen molar-refractivity contribution in [2.75, 3.05) is 13.1 Å². The normalized spacial score (nSPS) is 20.1. The van der Waals surface area contributed by atoms with Gasteiger partial charge in [0.1, 0.15) is 0 Å². The SMILES string of the molecule is Cc1cccc(CN2CCCC(O)(CNCc3ccc(F)c(F)c3)C2=O)c1. The highest BCUT2D eigenvalue weighted by Gasteiger charge is 2.41. The quantitative estimate of drug-likeness (QED) is 0.818. The van der Waals surface area contributed by atoms with Crippen molar-refractivity contribution in [2.24, 2.45) is 0 Å². The number of halogens is 2. The summed E-state index contributed by atoms with van der Waals surface area (Å²) in [4.78, 5) is 14.5. The summed E-state index contributed by atoms with van der Waals surface area (Å²) >= 11 is 0. The molecule has 4 nitrogen and oxygen atoms in total. The van der Waals surface area contributed by atoms with Crippen LogP contribution in [0.3, 0.4) is 0 Å². The molecular weight excluding hydrogens is 350 g/mol. The van der Waals surface area contributed by atoms with Crippen LogP contribution in [-0.4, -0.2) is 34.6 Å². The molecule has 0 bridgehead atoms. The van der Waals surface area contributed by atoms with E-state index in [0.29, 0.717) is 31.5 Å². The highest BCUT2D eigenvalue weighted by molar-refractivity contribution is 5.86. The predicted octanol–water partition coefficient (Wildman–Crippen LogP) is 2.92. The first-order valence-electron chi connectivity index (χ1n) is 9.09. The average molecular weight is 374 g/mol. The molecule has 1 heterocycles. The van der Waals surface area contributed by atoms with E-state index in [0.717, 1.165) is 23.3 Å². The average Bonchev–Trinajstić information content (AvgIpc) is 2.62. The Morgan fingerprint density at radius 1 is 1.15 bits per heavy atom. The third kappa shape index (κ3) is 4.70.